The lowest BCUT2D eigenvalue weighted by Gasteiger charge is -2.30. The summed E-state index contributed by atoms with van der Waals surface area (Å²) in [5.74, 6) is -2.20. The van der Waals surface area contributed by atoms with Gasteiger partial charge in [-0.05, 0) is 30.9 Å². The van der Waals surface area contributed by atoms with Gasteiger partial charge >= 0.3 is 12.6 Å². The maximum absolute atomic E-state index is 12.5. The second kappa shape index (κ2) is 10.9. The van der Waals surface area contributed by atoms with Crippen LogP contribution in [0.5, 0.6) is 5.75 Å². The Morgan fingerprint density at radius 1 is 1.25 bits per heavy atom. The number of esters is 1. The Balaban J connectivity index is 1.99. The van der Waals surface area contributed by atoms with Gasteiger partial charge < -0.3 is 24.2 Å². The number of carbonyl (C=O) groups excluding carboxylic acids is 2. The standard InChI is InChI=1S/C19H25F2NO6/c1-26-18(25)14(16(23)17(24)22-9-11-27-12-10-22)7-4-6-13-5-2-3-8-15(13)28-19(20)21/h2-3,5,8,14,16,19,23H,4,6-7,9-12H2,1H3/t14-,16+/m1/s1. The van der Waals surface area contributed by atoms with Crippen LogP contribution in [-0.2, 0) is 25.5 Å². The Bertz CT molecular complexity index is 651. The minimum absolute atomic E-state index is 0.0667. The number of hydrogen-bond donors (Lipinski definition) is 1. The van der Waals surface area contributed by atoms with Crippen molar-refractivity contribution in [2.45, 2.75) is 32.0 Å². The predicted molar refractivity (Wildman–Crippen MR) is 94.9 cm³/mol. The van der Waals surface area contributed by atoms with E-state index in [-0.39, 0.29) is 12.2 Å². The molecule has 1 aromatic carbocycles. The minimum atomic E-state index is -2.93. The van der Waals surface area contributed by atoms with Crippen LogP contribution in [0.3, 0.4) is 0 Å². The first-order valence-corrected chi connectivity index (χ1v) is 9.09. The highest BCUT2D eigenvalue weighted by molar-refractivity contribution is 5.87. The average Bonchev–Trinajstić information content (AvgIpc) is 2.71. The van der Waals surface area contributed by atoms with Crippen LogP contribution in [0.2, 0.25) is 0 Å². The fraction of sp³-hybridized carbons (Fsp3) is 0.579. The molecule has 1 fully saturated rings. The van der Waals surface area contributed by atoms with Crippen molar-refractivity contribution in [1.82, 2.24) is 4.90 Å². The van der Waals surface area contributed by atoms with Crippen molar-refractivity contribution >= 4 is 11.9 Å². The molecule has 1 saturated heterocycles. The summed E-state index contributed by atoms with van der Waals surface area (Å²) in [4.78, 5) is 26.0. The number of rotatable bonds is 9. The largest absolute Gasteiger partial charge is 0.469 e. The normalized spacial score (nSPS) is 16.5. The zero-order valence-corrected chi connectivity index (χ0v) is 15.7. The molecule has 1 heterocycles. The van der Waals surface area contributed by atoms with Crippen LogP contribution >= 0.6 is 0 Å². The molecule has 28 heavy (non-hydrogen) atoms. The second-order valence-electron chi connectivity index (χ2n) is 6.39. The third-order valence-corrected chi connectivity index (χ3v) is 4.61. The highest BCUT2D eigenvalue weighted by Gasteiger charge is 2.35. The quantitative estimate of drug-likeness (QED) is 0.633. The molecule has 9 heteroatoms. The zero-order valence-electron chi connectivity index (χ0n) is 15.7. The molecule has 2 rings (SSSR count). The fourth-order valence-electron chi connectivity index (χ4n) is 3.13. The Kier molecular flexibility index (Phi) is 8.59. The van der Waals surface area contributed by atoms with Gasteiger partial charge in [0, 0.05) is 13.1 Å². The van der Waals surface area contributed by atoms with E-state index in [1.807, 2.05) is 0 Å². The Morgan fingerprint density at radius 3 is 2.57 bits per heavy atom. The summed E-state index contributed by atoms with van der Waals surface area (Å²) in [6.07, 6.45) is -0.656. The van der Waals surface area contributed by atoms with Gasteiger partial charge in [-0.15, -0.1) is 0 Å². The van der Waals surface area contributed by atoms with Gasteiger partial charge in [0.2, 0.25) is 0 Å². The van der Waals surface area contributed by atoms with Crippen molar-refractivity contribution in [3.05, 3.63) is 29.8 Å². The molecule has 156 valence electrons. The molecule has 0 spiro atoms. The number of benzene rings is 1. The van der Waals surface area contributed by atoms with Crippen LogP contribution in [0.15, 0.2) is 24.3 Å². The van der Waals surface area contributed by atoms with Gasteiger partial charge in [-0.25, -0.2) is 0 Å². The highest BCUT2D eigenvalue weighted by Crippen LogP contribution is 2.24. The number of carbonyl (C=O) groups is 2. The summed E-state index contributed by atoms with van der Waals surface area (Å²) in [5.41, 5.74) is 0.556. The van der Waals surface area contributed by atoms with E-state index in [4.69, 9.17) is 9.47 Å². The van der Waals surface area contributed by atoms with Crippen molar-refractivity contribution in [2.75, 3.05) is 33.4 Å². The smallest absolute Gasteiger partial charge is 0.387 e. The number of hydrogen-bond acceptors (Lipinski definition) is 6. The number of para-hydroxylation sites is 1. The number of halogens is 2. The number of nitrogens with zero attached hydrogens (tertiary/aromatic N) is 1. The third kappa shape index (κ3) is 6.13. The van der Waals surface area contributed by atoms with E-state index in [1.165, 1.54) is 18.1 Å². The SMILES string of the molecule is COC(=O)[C@H](CCCc1ccccc1OC(F)F)[C@H](O)C(=O)N1CCOCC1. The Hall–Kier alpha value is -2.26. The van der Waals surface area contributed by atoms with E-state index in [2.05, 4.69) is 4.74 Å². The molecule has 1 aromatic rings. The summed E-state index contributed by atoms with van der Waals surface area (Å²) in [5, 5.41) is 10.4. The van der Waals surface area contributed by atoms with E-state index in [1.54, 1.807) is 18.2 Å². The summed E-state index contributed by atoms with van der Waals surface area (Å²) >= 11 is 0. The maximum atomic E-state index is 12.5. The lowest BCUT2D eigenvalue weighted by atomic mass is 9.93. The Labute approximate surface area is 162 Å². The maximum Gasteiger partial charge on any atom is 0.387 e. The monoisotopic (exact) mass is 401 g/mol. The molecule has 1 aliphatic rings. The van der Waals surface area contributed by atoms with Gasteiger partial charge in [0.05, 0.1) is 26.2 Å². The number of aliphatic hydroxyl groups is 1. The summed E-state index contributed by atoms with van der Waals surface area (Å²) in [6, 6.07) is 6.38. The summed E-state index contributed by atoms with van der Waals surface area (Å²) in [7, 11) is 1.19. The van der Waals surface area contributed by atoms with Crippen LogP contribution in [0.4, 0.5) is 8.78 Å². The number of alkyl halides is 2. The van der Waals surface area contributed by atoms with Crippen LogP contribution in [-0.4, -0.2) is 68.0 Å². The van der Waals surface area contributed by atoms with Crippen molar-refractivity contribution in [2.24, 2.45) is 5.92 Å². The van der Waals surface area contributed by atoms with Crippen molar-refractivity contribution in [3.63, 3.8) is 0 Å². The van der Waals surface area contributed by atoms with Gasteiger partial charge in [-0.3, -0.25) is 9.59 Å². The molecule has 1 N–H and O–H groups in total. The first kappa shape index (κ1) is 22.0. The molecule has 0 bridgehead atoms. The van der Waals surface area contributed by atoms with Gasteiger partial charge in [0.25, 0.3) is 5.91 Å². The third-order valence-electron chi connectivity index (χ3n) is 4.61. The van der Waals surface area contributed by atoms with E-state index >= 15 is 0 Å². The molecule has 0 radical (unpaired) electrons. The molecule has 1 amide bonds. The van der Waals surface area contributed by atoms with Gasteiger partial charge in [-0.2, -0.15) is 8.78 Å². The highest BCUT2D eigenvalue weighted by atomic mass is 19.3. The summed E-state index contributed by atoms with van der Waals surface area (Å²) < 4.78 is 39.4. The van der Waals surface area contributed by atoms with Crippen molar-refractivity contribution in [1.29, 1.82) is 0 Å². The molecule has 0 aliphatic carbocycles. The lowest BCUT2D eigenvalue weighted by molar-refractivity contribution is -0.159. The van der Waals surface area contributed by atoms with E-state index in [0.29, 0.717) is 44.7 Å². The van der Waals surface area contributed by atoms with Crippen LogP contribution < -0.4 is 4.74 Å². The first-order valence-electron chi connectivity index (χ1n) is 9.09. The molecule has 0 saturated carbocycles. The molecule has 0 aromatic heterocycles. The van der Waals surface area contributed by atoms with E-state index in [0.717, 1.165) is 0 Å². The molecule has 2 atom stereocenters. The van der Waals surface area contributed by atoms with Gasteiger partial charge in [-0.1, -0.05) is 18.2 Å². The Morgan fingerprint density at radius 2 is 1.93 bits per heavy atom. The molecule has 1 aliphatic heterocycles. The molecule has 7 nitrogen and oxygen atoms in total. The number of aliphatic hydroxyl groups excluding tert-OH is 1. The van der Waals surface area contributed by atoms with E-state index < -0.39 is 30.5 Å². The number of amides is 1. The number of ether oxygens (including phenoxy) is 3. The second-order valence-corrected chi connectivity index (χ2v) is 6.39. The summed E-state index contributed by atoms with van der Waals surface area (Å²) in [6.45, 7) is -1.48. The zero-order chi connectivity index (χ0) is 20.5. The van der Waals surface area contributed by atoms with Crippen LogP contribution in [0.1, 0.15) is 18.4 Å². The molecule has 0 unspecified atom stereocenters. The number of aryl methyl sites for hydroxylation is 1. The minimum Gasteiger partial charge on any atom is -0.469 e. The molecular formula is C19H25F2NO6. The first-order chi connectivity index (χ1) is 13.4. The molecular weight excluding hydrogens is 376 g/mol. The van der Waals surface area contributed by atoms with Gasteiger partial charge in [0.1, 0.15) is 11.9 Å². The van der Waals surface area contributed by atoms with Crippen LogP contribution in [0, 0.1) is 5.92 Å². The average molecular weight is 401 g/mol. The fourth-order valence-corrected chi connectivity index (χ4v) is 3.13. The van der Waals surface area contributed by atoms with Crippen molar-refractivity contribution < 1.29 is 37.7 Å². The lowest BCUT2D eigenvalue weighted by Crippen LogP contribution is -2.49. The number of morpholine rings is 1. The van der Waals surface area contributed by atoms with E-state index in [9.17, 15) is 23.5 Å². The number of methoxy groups -OCH3 is 1. The van der Waals surface area contributed by atoms with Crippen LogP contribution in [0.25, 0.3) is 0 Å². The van der Waals surface area contributed by atoms with Crippen molar-refractivity contribution in [3.8, 4) is 5.75 Å². The topological polar surface area (TPSA) is 85.3 Å². The predicted octanol–water partition coefficient (Wildman–Crippen LogP) is 1.62. The van der Waals surface area contributed by atoms with Gasteiger partial charge in [0.15, 0.2) is 0 Å².